The zero-order valence-corrected chi connectivity index (χ0v) is 8.92. The Kier molecular flexibility index (Phi) is 5.35. The fourth-order valence-corrected chi connectivity index (χ4v) is 1.77. The van der Waals surface area contributed by atoms with Crippen LogP contribution in [-0.4, -0.2) is 24.2 Å². The van der Waals surface area contributed by atoms with E-state index in [0.717, 1.165) is 13.1 Å². The van der Waals surface area contributed by atoms with Crippen LogP contribution in [-0.2, 0) is 0 Å². The fraction of sp³-hybridized carbons (Fsp3) is 1.00. The molecule has 77 valence electrons. The van der Waals surface area contributed by atoms with Crippen molar-refractivity contribution in [3.05, 3.63) is 0 Å². The summed E-state index contributed by atoms with van der Waals surface area (Å²) in [5, 5.41) is 2.04. The summed E-state index contributed by atoms with van der Waals surface area (Å²) in [6.45, 7) is 6.57. The largest absolute Gasteiger partial charge is 0.237 e. The van der Waals surface area contributed by atoms with Gasteiger partial charge in [0, 0.05) is 19.1 Å². The molecule has 0 unspecified atom stereocenters. The second-order valence-electron chi connectivity index (χ2n) is 3.75. The van der Waals surface area contributed by atoms with E-state index >= 15 is 0 Å². The smallest absolute Gasteiger partial charge is 0.0334 e. The van der Waals surface area contributed by atoms with E-state index < -0.39 is 0 Å². The van der Waals surface area contributed by atoms with Crippen molar-refractivity contribution >= 4 is 0 Å². The summed E-state index contributed by atoms with van der Waals surface area (Å²) >= 11 is 0. The van der Waals surface area contributed by atoms with Crippen molar-refractivity contribution in [1.29, 1.82) is 0 Å². The van der Waals surface area contributed by atoms with Crippen LogP contribution in [0, 0.1) is 0 Å². The Morgan fingerprint density at radius 3 is 2.46 bits per heavy atom. The quantitative estimate of drug-likeness (QED) is 0.680. The Morgan fingerprint density at radius 2 is 2.00 bits per heavy atom. The van der Waals surface area contributed by atoms with E-state index in [4.69, 9.17) is 0 Å². The number of hydrogen-bond donors (Lipinski definition) is 1. The van der Waals surface area contributed by atoms with Crippen LogP contribution in [0.4, 0.5) is 0 Å². The van der Waals surface area contributed by atoms with Gasteiger partial charge >= 0.3 is 0 Å². The lowest BCUT2D eigenvalue weighted by atomic mass is 10.1. The van der Waals surface area contributed by atoms with Gasteiger partial charge in [0.15, 0.2) is 0 Å². The molecule has 1 rings (SSSR count). The van der Waals surface area contributed by atoms with Gasteiger partial charge in [-0.25, -0.2) is 5.43 Å². The maximum absolute atomic E-state index is 4.36. The molecule has 0 aromatic rings. The van der Waals surface area contributed by atoms with Gasteiger partial charge < -0.3 is 0 Å². The number of nitrogens with one attached hydrogen (secondary N) is 1. The molecule has 0 aromatic carbocycles. The van der Waals surface area contributed by atoms with Gasteiger partial charge in [-0.1, -0.05) is 26.7 Å². The highest BCUT2D eigenvalue weighted by Crippen LogP contribution is 2.06. The molecule has 1 aliphatic rings. The summed E-state index contributed by atoms with van der Waals surface area (Å²) in [4.78, 5) is 0. The maximum atomic E-state index is 4.36. The summed E-state index contributed by atoms with van der Waals surface area (Å²) in [6.07, 6.45) is 6.24. The minimum Gasteiger partial charge on any atom is -0.237 e. The van der Waals surface area contributed by atoms with Crippen LogP contribution in [0.5, 0.6) is 0 Å². The molecular formula is C10H22N3. The third-order valence-electron chi connectivity index (χ3n) is 2.40. The second kappa shape index (κ2) is 6.35. The zero-order chi connectivity index (χ0) is 9.52. The molecule has 1 aliphatic heterocycles. The van der Waals surface area contributed by atoms with E-state index in [9.17, 15) is 0 Å². The molecule has 3 nitrogen and oxygen atoms in total. The van der Waals surface area contributed by atoms with Crippen LogP contribution in [0.2, 0.25) is 0 Å². The molecule has 1 saturated heterocycles. The molecule has 0 atom stereocenters. The van der Waals surface area contributed by atoms with Gasteiger partial charge in [0.2, 0.25) is 0 Å². The van der Waals surface area contributed by atoms with Crippen molar-refractivity contribution in [3.8, 4) is 0 Å². The van der Waals surface area contributed by atoms with Crippen LogP contribution in [0.25, 0.3) is 0 Å². The summed E-state index contributed by atoms with van der Waals surface area (Å²) in [5.41, 5.74) is 7.85. The molecule has 0 spiro atoms. The normalized spacial score (nSPS) is 18.7. The Bertz CT molecular complexity index is 115. The summed E-state index contributed by atoms with van der Waals surface area (Å²) in [5.74, 6) is 0. The first kappa shape index (κ1) is 11.0. The Labute approximate surface area is 81.8 Å². The molecule has 1 radical (unpaired) electrons. The predicted octanol–water partition coefficient (Wildman–Crippen LogP) is 1.68. The molecule has 0 amide bonds. The van der Waals surface area contributed by atoms with E-state index in [-0.39, 0.29) is 0 Å². The Balaban J connectivity index is 2.19. The first-order valence-corrected chi connectivity index (χ1v) is 5.58. The van der Waals surface area contributed by atoms with Crippen LogP contribution in [0.1, 0.15) is 46.0 Å². The van der Waals surface area contributed by atoms with Crippen molar-refractivity contribution in [2.24, 2.45) is 0 Å². The van der Waals surface area contributed by atoms with Gasteiger partial charge in [0.1, 0.15) is 0 Å². The summed E-state index contributed by atoms with van der Waals surface area (Å²) in [7, 11) is 0. The lowest BCUT2D eigenvalue weighted by molar-refractivity contribution is 0.122. The Morgan fingerprint density at radius 1 is 1.31 bits per heavy atom. The molecule has 1 heterocycles. The van der Waals surface area contributed by atoms with E-state index in [1.54, 1.807) is 0 Å². The highest BCUT2D eigenvalue weighted by atomic mass is 15.7. The van der Waals surface area contributed by atoms with Gasteiger partial charge in [-0.05, 0) is 19.3 Å². The zero-order valence-electron chi connectivity index (χ0n) is 8.92. The van der Waals surface area contributed by atoms with Crippen LogP contribution >= 0.6 is 0 Å². The molecule has 1 fully saturated rings. The lowest BCUT2D eigenvalue weighted by Crippen LogP contribution is -2.45. The SMILES string of the molecule is CCCC(CCC)NN1CCC[N]1. The summed E-state index contributed by atoms with van der Waals surface area (Å²) < 4.78 is 0. The lowest BCUT2D eigenvalue weighted by Gasteiger charge is -2.23. The van der Waals surface area contributed by atoms with E-state index in [1.807, 2.05) is 5.12 Å². The fourth-order valence-electron chi connectivity index (χ4n) is 1.77. The molecule has 0 aromatic heterocycles. The topological polar surface area (TPSA) is 29.4 Å². The minimum absolute atomic E-state index is 0.636. The van der Waals surface area contributed by atoms with Crippen LogP contribution < -0.4 is 10.9 Å². The molecule has 3 heteroatoms. The number of hydrogen-bond acceptors (Lipinski definition) is 2. The highest BCUT2D eigenvalue weighted by Gasteiger charge is 2.15. The van der Waals surface area contributed by atoms with Crippen molar-refractivity contribution in [1.82, 2.24) is 16.0 Å². The number of nitrogens with zero attached hydrogens (tertiary/aromatic N) is 2. The van der Waals surface area contributed by atoms with E-state index in [1.165, 1.54) is 32.1 Å². The third-order valence-corrected chi connectivity index (χ3v) is 2.40. The molecule has 1 N–H and O–H groups in total. The van der Waals surface area contributed by atoms with E-state index in [2.05, 4.69) is 24.7 Å². The standard InChI is InChI=1S/C10H22N3/c1-3-6-10(7-4-2)12-13-9-5-8-11-13/h10,12H,3-9H2,1-2H3. The van der Waals surface area contributed by atoms with Crippen molar-refractivity contribution in [2.45, 2.75) is 52.0 Å². The van der Waals surface area contributed by atoms with Crippen molar-refractivity contribution in [2.75, 3.05) is 13.1 Å². The monoisotopic (exact) mass is 184 g/mol. The molecule has 0 bridgehead atoms. The predicted molar refractivity (Wildman–Crippen MR) is 55.1 cm³/mol. The average Bonchev–Trinajstić information content (AvgIpc) is 2.58. The third kappa shape index (κ3) is 4.07. The average molecular weight is 184 g/mol. The van der Waals surface area contributed by atoms with Crippen LogP contribution in [0.15, 0.2) is 0 Å². The van der Waals surface area contributed by atoms with Crippen LogP contribution in [0.3, 0.4) is 0 Å². The number of hydrazine groups is 1. The number of rotatable bonds is 6. The van der Waals surface area contributed by atoms with E-state index in [0.29, 0.717) is 6.04 Å². The van der Waals surface area contributed by atoms with Gasteiger partial charge in [0.05, 0.1) is 0 Å². The highest BCUT2D eigenvalue weighted by molar-refractivity contribution is 4.66. The first-order valence-electron chi connectivity index (χ1n) is 5.58. The Hall–Kier alpha value is -0.120. The minimum atomic E-state index is 0.636. The molecule has 0 saturated carbocycles. The van der Waals surface area contributed by atoms with Gasteiger partial charge in [-0.15, -0.1) is 5.43 Å². The maximum Gasteiger partial charge on any atom is 0.0334 e. The van der Waals surface area contributed by atoms with Crippen molar-refractivity contribution < 1.29 is 0 Å². The summed E-state index contributed by atoms with van der Waals surface area (Å²) in [6, 6.07) is 0.636. The van der Waals surface area contributed by atoms with Gasteiger partial charge in [-0.2, -0.15) is 5.12 Å². The van der Waals surface area contributed by atoms with Crippen molar-refractivity contribution in [3.63, 3.8) is 0 Å². The first-order chi connectivity index (χ1) is 6.36. The van der Waals surface area contributed by atoms with Gasteiger partial charge in [-0.3, -0.25) is 0 Å². The molecular weight excluding hydrogens is 162 g/mol. The van der Waals surface area contributed by atoms with Gasteiger partial charge in [0.25, 0.3) is 0 Å². The molecule has 0 aliphatic carbocycles. The second-order valence-corrected chi connectivity index (χ2v) is 3.75. The molecule has 13 heavy (non-hydrogen) atoms.